The summed E-state index contributed by atoms with van der Waals surface area (Å²) in [4.78, 5) is 26.6. The molecular formula is C20H20Cl2N2O3. The Morgan fingerprint density at radius 3 is 2.63 bits per heavy atom. The molecule has 2 aromatic carbocycles. The van der Waals surface area contributed by atoms with Crippen LogP contribution >= 0.6 is 23.2 Å². The highest BCUT2D eigenvalue weighted by Gasteiger charge is 2.38. The zero-order valence-corrected chi connectivity index (χ0v) is 16.6. The van der Waals surface area contributed by atoms with Crippen molar-refractivity contribution in [3.8, 4) is 0 Å². The molecule has 7 heteroatoms. The van der Waals surface area contributed by atoms with Crippen LogP contribution in [0, 0.1) is 0 Å². The lowest BCUT2D eigenvalue weighted by Gasteiger charge is -2.40. The smallest absolute Gasteiger partial charge is 0.338 e. The fraction of sp³-hybridized carbons (Fsp3) is 0.300. The van der Waals surface area contributed by atoms with E-state index in [1.807, 2.05) is 38.1 Å². The first-order valence-electron chi connectivity index (χ1n) is 8.61. The van der Waals surface area contributed by atoms with Crippen LogP contribution in [0.4, 0.5) is 11.4 Å². The maximum Gasteiger partial charge on any atom is 0.338 e. The second-order valence-electron chi connectivity index (χ2n) is 6.84. The number of hydrogen-bond donors (Lipinski definition) is 1. The van der Waals surface area contributed by atoms with Gasteiger partial charge in [0.1, 0.15) is 5.54 Å². The summed E-state index contributed by atoms with van der Waals surface area (Å²) in [5.41, 5.74) is 1.40. The third-order valence-electron chi connectivity index (χ3n) is 4.34. The lowest BCUT2D eigenvalue weighted by molar-refractivity contribution is -0.122. The zero-order valence-electron chi connectivity index (χ0n) is 15.1. The summed E-state index contributed by atoms with van der Waals surface area (Å²) in [6, 6.07) is 12.3. The fourth-order valence-corrected chi connectivity index (χ4v) is 3.27. The Morgan fingerprint density at radius 1 is 1.15 bits per heavy atom. The van der Waals surface area contributed by atoms with Gasteiger partial charge in [0, 0.05) is 6.54 Å². The van der Waals surface area contributed by atoms with E-state index in [4.69, 9.17) is 27.9 Å². The van der Waals surface area contributed by atoms with Crippen molar-refractivity contribution in [3.63, 3.8) is 0 Å². The summed E-state index contributed by atoms with van der Waals surface area (Å²) in [5.74, 6) is -0.488. The minimum atomic E-state index is -0.689. The van der Waals surface area contributed by atoms with Crippen molar-refractivity contribution in [2.24, 2.45) is 0 Å². The fourth-order valence-electron chi connectivity index (χ4n) is 2.97. The Bertz CT molecular complexity index is 883. The monoisotopic (exact) mass is 406 g/mol. The number of halogens is 2. The normalized spacial score (nSPS) is 15.1. The van der Waals surface area contributed by atoms with Gasteiger partial charge in [0.05, 0.1) is 33.6 Å². The summed E-state index contributed by atoms with van der Waals surface area (Å²) in [5, 5.41) is 3.94. The van der Waals surface area contributed by atoms with Gasteiger partial charge in [0.25, 0.3) is 5.91 Å². The molecule has 0 aromatic heterocycles. The highest BCUT2D eigenvalue weighted by atomic mass is 35.5. The molecule has 0 bridgehead atoms. The van der Waals surface area contributed by atoms with E-state index >= 15 is 0 Å². The van der Waals surface area contributed by atoms with E-state index < -0.39 is 11.5 Å². The zero-order chi connectivity index (χ0) is 19.6. The van der Waals surface area contributed by atoms with Gasteiger partial charge in [-0.25, -0.2) is 4.79 Å². The minimum absolute atomic E-state index is 0.0167. The standard InChI is InChI=1S/C20H20Cl2N2O3/c1-20(2)19(26)24(17-7-4-3-6-16(17)23-20)10-5-11-27-18(25)13-8-9-14(21)15(22)12-13/h3-4,6-9,12,23H,5,10-11H2,1-2H3. The van der Waals surface area contributed by atoms with Crippen LogP contribution in [0.2, 0.25) is 10.0 Å². The molecule has 1 aliphatic heterocycles. The van der Waals surface area contributed by atoms with E-state index in [1.165, 1.54) is 6.07 Å². The quantitative estimate of drug-likeness (QED) is 0.573. The van der Waals surface area contributed by atoms with Crippen molar-refractivity contribution in [1.29, 1.82) is 0 Å². The number of anilines is 2. The van der Waals surface area contributed by atoms with Crippen molar-refractivity contribution >= 4 is 46.5 Å². The number of esters is 1. The summed E-state index contributed by atoms with van der Waals surface area (Å²) in [7, 11) is 0. The average molecular weight is 407 g/mol. The molecule has 3 rings (SSSR count). The average Bonchev–Trinajstić information content (AvgIpc) is 2.63. The summed E-state index contributed by atoms with van der Waals surface area (Å²) in [6.45, 7) is 4.35. The third kappa shape index (κ3) is 4.20. The number of amides is 1. The Hall–Kier alpha value is -2.24. The van der Waals surface area contributed by atoms with E-state index in [1.54, 1.807) is 17.0 Å². The predicted octanol–water partition coefficient (Wildman–Crippen LogP) is 4.78. The van der Waals surface area contributed by atoms with Gasteiger partial charge in [-0.3, -0.25) is 4.79 Å². The Morgan fingerprint density at radius 2 is 1.89 bits per heavy atom. The van der Waals surface area contributed by atoms with Crippen LogP contribution in [-0.4, -0.2) is 30.6 Å². The van der Waals surface area contributed by atoms with E-state index in [9.17, 15) is 9.59 Å². The van der Waals surface area contributed by atoms with E-state index in [0.29, 0.717) is 28.6 Å². The van der Waals surface area contributed by atoms with Crippen molar-refractivity contribution in [2.45, 2.75) is 25.8 Å². The molecule has 0 saturated heterocycles. The van der Waals surface area contributed by atoms with E-state index in [0.717, 1.165) is 11.4 Å². The number of nitrogens with one attached hydrogen (secondary N) is 1. The van der Waals surface area contributed by atoms with Gasteiger partial charge in [-0.05, 0) is 50.6 Å². The molecule has 0 saturated carbocycles. The Labute approximate surface area is 168 Å². The first kappa shape index (κ1) is 19.5. The van der Waals surface area contributed by atoms with E-state index in [-0.39, 0.29) is 12.5 Å². The van der Waals surface area contributed by atoms with Crippen LogP contribution in [-0.2, 0) is 9.53 Å². The molecule has 1 amide bonds. The molecular weight excluding hydrogens is 387 g/mol. The van der Waals surface area contributed by atoms with Crippen LogP contribution in [0.15, 0.2) is 42.5 Å². The number of carbonyl (C=O) groups excluding carboxylic acids is 2. The predicted molar refractivity (Wildman–Crippen MR) is 108 cm³/mol. The van der Waals surface area contributed by atoms with Crippen molar-refractivity contribution in [2.75, 3.05) is 23.4 Å². The lowest BCUT2D eigenvalue weighted by Crippen LogP contribution is -2.54. The number of benzene rings is 2. The number of nitrogens with zero attached hydrogens (tertiary/aromatic N) is 1. The highest BCUT2D eigenvalue weighted by Crippen LogP contribution is 2.35. The minimum Gasteiger partial charge on any atom is -0.462 e. The molecule has 1 N–H and O–H groups in total. The van der Waals surface area contributed by atoms with Crippen LogP contribution in [0.25, 0.3) is 0 Å². The third-order valence-corrected chi connectivity index (χ3v) is 5.08. The molecule has 0 spiro atoms. The van der Waals surface area contributed by atoms with Gasteiger partial charge in [0.15, 0.2) is 0 Å². The molecule has 0 aliphatic carbocycles. The van der Waals surface area contributed by atoms with Crippen LogP contribution < -0.4 is 10.2 Å². The lowest BCUT2D eigenvalue weighted by atomic mass is 9.98. The number of ether oxygens (including phenoxy) is 1. The van der Waals surface area contributed by atoms with Crippen molar-refractivity contribution in [1.82, 2.24) is 0 Å². The van der Waals surface area contributed by atoms with Crippen molar-refractivity contribution < 1.29 is 14.3 Å². The maximum absolute atomic E-state index is 12.8. The molecule has 0 radical (unpaired) electrons. The van der Waals surface area contributed by atoms with Gasteiger partial charge in [-0.1, -0.05) is 35.3 Å². The van der Waals surface area contributed by atoms with Gasteiger partial charge in [-0.2, -0.15) is 0 Å². The number of carbonyl (C=O) groups is 2. The number of fused-ring (bicyclic) bond motifs is 1. The van der Waals surface area contributed by atoms with Crippen LogP contribution in [0.3, 0.4) is 0 Å². The maximum atomic E-state index is 12.8. The van der Waals surface area contributed by atoms with Crippen LogP contribution in [0.1, 0.15) is 30.6 Å². The topological polar surface area (TPSA) is 58.6 Å². The van der Waals surface area contributed by atoms with Crippen molar-refractivity contribution in [3.05, 3.63) is 58.1 Å². The SMILES string of the molecule is CC1(C)Nc2ccccc2N(CCCOC(=O)c2ccc(Cl)c(Cl)c2)C1=O. The Balaban J connectivity index is 1.60. The molecule has 0 fully saturated rings. The first-order valence-corrected chi connectivity index (χ1v) is 9.36. The molecule has 0 unspecified atom stereocenters. The summed E-state index contributed by atoms with van der Waals surface area (Å²) in [6.07, 6.45) is 0.517. The number of hydrogen-bond acceptors (Lipinski definition) is 4. The second-order valence-corrected chi connectivity index (χ2v) is 7.66. The first-order chi connectivity index (χ1) is 12.8. The molecule has 2 aromatic rings. The van der Waals surface area contributed by atoms with Gasteiger partial charge >= 0.3 is 5.97 Å². The van der Waals surface area contributed by atoms with Gasteiger partial charge in [-0.15, -0.1) is 0 Å². The number of rotatable bonds is 5. The molecule has 1 heterocycles. The van der Waals surface area contributed by atoms with Crippen LogP contribution in [0.5, 0.6) is 0 Å². The molecule has 1 aliphatic rings. The molecule has 5 nitrogen and oxygen atoms in total. The van der Waals surface area contributed by atoms with E-state index in [2.05, 4.69) is 5.32 Å². The second kappa shape index (κ2) is 7.79. The summed E-state index contributed by atoms with van der Waals surface area (Å²) < 4.78 is 5.29. The molecule has 0 atom stereocenters. The highest BCUT2D eigenvalue weighted by molar-refractivity contribution is 6.42. The molecule has 142 valence electrons. The summed E-state index contributed by atoms with van der Waals surface area (Å²) >= 11 is 11.8. The van der Waals surface area contributed by atoms with Gasteiger partial charge in [0.2, 0.25) is 0 Å². The van der Waals surface area contributed by atoms with Gasteiger partial charge < -0.3 is 15.0 Å². The molecule has 27 heavy (non-hydrogen) atoms. The largest absolute Gasteiger partial charge is 0.462 e. The number of para-hydroxylation sites is 2. The Kier molecular flexibility index (Phi) is 5.63.